The Kier molecular flexibility index (Phi) is 3.88. The van der Waals surface area contributed by atoms with Gasteiger partial charge in [0.1, 0.15) is 5.82 Å². The molecule has 0 fully saturated rings. The largest absolute Gasteiger partial charge is 0.444 e. The quantitative estimate of drug-likeness (QED) is 0.700. The predicted molar refractivity (Wildman–Crippen MR) is 67.9 cm³/mol. The molecule has 0 unspecified atom stereocenters. The number of carbonyl (C=O) groups excluding carboxylic acids is 1. The van der Waals surface area contributed by atoms with Gasteiger partial charge in [-0.05, 0) is 34.1 Å². The van der Waals surface area contributed by atoms with Crippen LogP contribution in [-0.4, -0.2) is 12.1 Å². The van der Waals surface area contributed by atoms with Crippen LogP contribution in [0.5, 0.6) is 0 Å². The first-order valence-corrected chi connectivity index (χ1v) is 5.79. The number of halogens is 2. The molecule has 4 nitrogen and oxygen atoms in total. The highest BCUT2D eigenvalue weighted by Crippen LogP contribution is 2.13. The van der Waals surface area contributed by atoms with E-state index in [4.69, 9.17) is 4.42 Å². The average molecular weight is 311 g/mol. The molecule has 92 valence electrons. The van der Waals surface area contributed by atoms with Crippen molar-refractivity contribution in [2.75, 3.05) is 0 Å². The van der Waals surface area contributed by atoms with Crippen molar-refractivity contribution in [2.24, 2.45) is 5.10 Å². The second kappa shape index (κ2) is 5.59. The van der Waals surface area contributed by atoms with Crippen molar-refractivity contribution in [3.63, 3.8) is 0 Å². The van der Waals surface area contributed by atoms with E-state index in [-0.39, 0.29) is 5.76 Å². The first-order chi connectivity index (χ1) is 8.66. The van der Waals surface area contributed by atoms with Gasteiger partial charge < -0.3 is 4.42 Å². The van der Waals surface area contributed by atoms with Gasteiger partial charge in [-0.2, -0.15) is 5.10 Å². The number of amides is 1. The van der Waals surface area contributed by atoms with Crippen LogP contribution in [0.4, 0.5) is 4.39 Å². The van der Waals surface area contributed by atoms with Crippen molar-refractivity contribution in [1.82, 2.24) is 5.43 Å². The number of nitrogens with zero attached hydrogens (tertiary/aromatic N) is 1. The second-order valence-corrected chi connectivity index (χ2v) is 4.11. The molecule has 0 spiro atoms. The lowest BCUT2D eigenvalue weighted by molar-refractivity contribution is 0.0926. The fourth-order valence-corrected chi connectivity index (χ4v) is 1.54. The molecule has 2 rings (SSSR count). The van der Waals surface area contributed by atoms with Gasteiger partial charge in [0.05, 0.1) is 6.21 Å². The van der Waals surface area contributed by atoms with Gasteiger partial charge in [0.2, 0.25) is 0 Å². The molecule has 0 saturated carbocycles. The van der Waals surface area contributed by atoms with Crippen LogP contribution < -0.4 is 5.43 Å². The topological polar surface area (TPSA) is 54.6 Å². The number of furan rings is 1. The third kappa shape index (κ3) is 3.04. The molecule has 2 aromatic rings. The first-order valence-electron chi connectivity index (χ1n) is 5.00. The maximum atomic E-state index is 13.2. The van der Waals surface area contributed by atoms with E-state index in [1.54, 1.807) is 24.3 Å². The van der Waals surface area contributed by atoms with Crippen molar-refractivity contribution in [1.29, 1.82) is 0 Å². The van der Waals surface area contributed by atoms with E-state index >= 15 is 0 Å². The highest BCUT2D eigenvalue weighted by molar-refractivity contribution is 9.10. The summed E-state index contributed by atoms with van der Waals surface area (Å²) >= 11 is 3.08. The van der Waals surface area contributed by atoms with Gasteiger partial charge in [-0.15, -0.1) is 0 Å². The Balaban J connectivity index is 2.00. The van der Waals surface area contributed by atoms with Crippen molar-refractivity contribution < 1.29 is 13.6 Å². The van der Waals surface area contributed by atoms with Crippen molar-refractivity contribution in [2.45, 2.75) is 0 Å². The minimum absolute atomic E-state index is 0.118. The van der Waals surface area contributed by atoms with E-state index in [2.05, 4.69) is 26.5 Å². The van der Waals surface area contributed by atoms with Gasteiger partial charge in [-0.3, -0.25) is 4.79 Å². The number of carbonyl (C=O) groups is 1. The van der Waals surface area contributed by atoms with Crippen molar-refractivity contribution in [3.8, 4) is 0 Å². The van der Waals surface area contributed by atoms with Gasteiger partial charge >= 0.3 is 5.91 Å². The van der Waals surface area contributed by atoms with Gasteiger partial charge in [-0.1, -0.05) is 18.2 Å². The molecule has 0 atom stereocenters. The highest BCUT2D eigenvalue weighted by atomic mass is 79.9. The van der Waals surface area contributed by atoms with E-state index in [0.717, 1.165) is 0 Å². The Bertz CT molecular complexity index is 595. The van der Waals surface area contributed by atoms with E-state index in [0.29, 0.717) is 10.2 Å². The first kappa shape index (κ1) is 12.5. The standard InChI is InChI=1S/C12H8BrFN2O2/c13-11-6-5-10(18-11)12(17)16-15-7-8-3-1-2-4-9(8)14/h1-7H,(H,16,17)/b15-7-. The van der Waals surface area contributed by atoms with Crippen LogP contribution in [0.3, 0.4) is 0 Å². The number of hydrogen-bond donors (Lipinski definition) is 1. The molecule has 0 saturated heterocycles. The Labute approximate surface area is 111 Å². The van der Waals surface area contributed by atoms with Crippen LogP contribution in [0.2, 0.25) is 0 Å². The summed E-state index contributed by atoms with van der Waals surface area (Å²) in [6.07, 6.45) is 1.23. The molecule has 6 heteroatoms. The average Bonchev–Trinajstić information content (AvgIpc) is 2.78. The van der Waals surface area contributed by atoms with E-state index in [9.17, 15) is 9.18 Å². The molecular weight excluding hydrogens is 303 g/mol. The predicted octanol–water partition coefficient (Wildman–Crippen LogP) is 2.95. The minimum Gasteiger partial charge on any atom is -0.444 e. The Morgan fingerprint density at radius 2 is 2.11 bits per heavy atom. The van der Waals surface area contributed by atoms with Gasteiger partial charge in [0.25, 0.3) is 0 Å². The Hall–Kier alpha value is -1.95. The molecule has 1 heterocycles. The fraction of sp³-hybridized carbons (Fsp3) is 0. The number of rotatable bonds is 3. The lowest BCUT2D eigenvalue weighted by atomic mass is 10.2. The normalized spacial score (nSPS) is 10.8. The zero-order valence-corrected chi connectivity index (χ0v) is 10.6. The molecule has 0 aliphatic rings. The van der Waals surface area contributed by atoms with E-state index in [1.165, 1.54) is 18.3 Å². The van der Waals surface area contributed by atoms with Crippen LogP contribution in [-0.2, 0) is 0 Å². The lowest BCUT2D eigenvalue weighted by Crippen LogP contribution is -2.16. The van der Waals surface area contributed by atoms with Gasteiger partial charge in [0, 0.05) is 5.56 Å². The Morgan fingerprint density at radius 1 is 1.33 bits per heavy atom. The molecule has 0 radical (unpaired) electrons. The molecule has 0 aliphatic heterocycles. The summed E-state index contributed by atoms with van der Waals surface area (Å²) in [5.74, 6) is -0.794. The monoisotopic (exact) mass is 310 g/mol. The van der Waals surface area contributed by atoms with E-state index < -0.39 is 11.7 Å². The van der Waals surface area contributed by atoms with Crippen LogP contribution in [0.1, 0.15) is 16.1 Å². The Morgan fingerprint density at radius 3 is 2.78 bits per heavy atom. The molecule has 1 aromatic heterocycles. The summed E-state index contributed by atoms with van der Waals surface area (Å²) < 4.78 is 18.7. The summed E-state index contributed by atoms with van der Waals surface area (Å²) in [6, 6.07) is 9.20. The zero-order chi connectivity index (χ0) is 13.0. The number of nitrogens with one attached hydrogen (secondary N) is 1. The number of hydrazone groups is 1. The number of hydrogen-bond acceptors (Lipinski definition) is 3. The second-order valence-electron chi connectivity index (χ2n) is 3.32. The van der Waals surface area contributed by atoms with Gasteiger partial charge in [0.15, 0.2) is 10.4 Å². The fourth-order valence-electron chi connectivity index (χ4n) is 1.23. The van der Waals surface area contributed by atoms with Crippen LogP contribution in [0.25, 0.3) is 0 Å². The molecule has 0 aliphatic carbocycles. The lowest BCUT2D eigenvalue weighted by Gasteiger charge is -1.96. The maximum Gasteiger partial charge on any atom is 0.307 e. The minimum atomic E-state index is -0.506. The molecule has 0 bridgehead atoms. The third-order valence-electron chi connectivity index (χ3n) is 2.07. The summed E-state index contributed by atoms with van der Waals surface area (Å²) in [7, 11) is 0. The summed E-state index contributed by atoms with van der Waals surface area (Å²) in [4.78, 5) is 11.5. The van der Waals surface area contributed by atoms with Crippen LogP contribution in [0, 0.1) is 5.82 Å². The van der Waals surface area contributed by atoms with Crippen LogP contribution in [0.15, 0.2) is 50.6 Å². The smallest absolute Gasteiger partial charge is 0.307 e. The molecule has 18 heavy (non-hydrogen) atoms. The number of benzene rings is 1. The van der Waals surface area contributed by atoms with Crippen molar-refractivity contribution >= 4 is 28.1 Å². The van der Waals surface area contributed by atoms with Crippen LogP contribution >= 0.6 is 15.9 Å². The third-order valence-corrected chi connectivity index (χ3v) is 2.50. The van der Waals surface area contributed by atoms with Crippen molar-refractivity contribution in [3.05, 3.63) is 58.2 Å². The maximum absolute atomic E-state index is 13.2. The highest BCUT2D eigenvalue weighted by Gasteiger charge is 2.08. The summed E-state index contributed by atoms with van der Waals surface area (Å²) in [5, 5.41) is 3.65. The van der Waals surface area contributed by atoms with E-state index in [1.807, 2.05) is 0 Å². The summed E-state index contributed by atoms with van der Waals surface area (Å²) in [6.45, 7) is 0. The molecule has 1 amide bonds. The molecular formula is C12H8BrFN2O2. The zero-order valence-electron chi connectivity index (χ0n) is 9.06. The summed E-state index contributed by atoms with van der Waals surface area (Å²) in [5.41, 5.74) is 2.53. The SMILES string of the molecule is O=C(N/N=C\c1ccccc1F)c1ccc(Br)o1. The molecule has 1 aromatic carbocycles. The van der Waals surface area contributed by atoms with Gasteiger partial charge in [-0.25, -0.2) is 9.82 Å². The molecule has 1 N–H and O–H groups in total.